The van der Waals surface area contributed by atoms with Crippen LogP contribution in [0.5, 0.6) is 0 Å². The number of nitrogens with one attached hydrogen (secondary N) is 1. The maximum atomic E-state index is 12.5. The zero-order valence-electron chi connectivity index (χ0n) is 11.3. The quantitative estimate of drug-likeness (QED) is 0.904. The van der Waals surface area contributed by atoms with Crippen LogP contribution in [0.15, 0.2) is 41.8 Å². The highest BCUT2D eigenvalue weighted by atomic mass is 32.1. The van der Waals surface area contributed by atoms with Gasteiger partial charge in [0.25, 0.3) is 0 Å². The Morgan fingerprint density at radius 1 is 1.25 bits per heavy atom. The minimum Gasteiger partial charge on any atom is -0.329 e. The van der Waals surface area contributed by atoms with E-state index in [1.54, 1.807) is 11.3 Å². The Bertz CT molecular complexity index is 597. The van der Waals surface area contributed by atoms with Crippen molar-refractivity contribution >= 4 is 22.9 Å². The van der Waals surface area contributed by atoms with Crippen LogP contribution in [0, 0.1) is 5.41 Å². The van der Waals surface area contributed by atoms with E-state index in [1.165, 1.54) is 0 Å². The van der Waals surface area contributed by atoms with E-state index in [1.807, 2.05) is 35.7 Å². The van der Waals surface area contributed by atoms with Gasteiger partial charge in [0.2, 0.25) is 5.91 Å². The zero-order chi connectivity index (χ0) is 14.0. The molecule has 0 saturated heterocycles. The Morgan fingerprint density at radius 3 is 2.65 bits per heavy atom. The van der Waals surface area contributed by atoms with Gasteiger partial charge in [0.05, 0.1) is 5.41 Å². The lowest BCUT2D eigenvalue weighted by atomic mass is 9.68. The standard InChI is InChI=1S/C16H18N2OS/c17-11-16(8-4-9-16)15(19)18-13-6-2-1-5-12(13)14-7-3-10-20-14/h1-3,5-7,10H,4,8-9,11,17H2,(H,18,19). The van der Waals surface area contributed by atoms with Crippen LogP contribution in [-0.2, 0) is 4.79 Å². The second-order valence-electron chi connectivity index (χ2n) is 5.32. The summed E-state index contributed by atoms with van der Waals surface area (Å²) in [6, 6.07) is 12.0. The lowest BCUT2D eigenvalue weighted by Crippen LogP contribution is -2.47. The predicted octanol–water partition coefficient (Wildman–Crippen LogP) is 3.48. The molecule has 0 unspecified atom stereocenters. The van der Waals surface area contributed by atoms with Crippen LogP contribution in [0.4, 0.5) is 5.69 Å². The molecular weight excluding hydrogens is 268 g/mol. The molecule has 0 bridgehead atoms. The Kier molecular flexibility index (Phi) is 3.59. The SMILES string of the molecule is NCC1(C(=O)Nc2ccccc2-c2cccs2)CCC1. The molecule has 0 spiro atoms. The van der Waals surface area contributed by atoms with E-state index >= 15 is 0 Å². The summed E-state index contributed by atoms with van der Waals surface area (Å²) in [6.07, 6.45) is 2.89. The van der Waals surface area contributed by atoms with Crippen molar-refractivity contribution in [1.82, 2.24) is 0 Å². The summed E-state index contributed by atoms with van der Waals surface area (Å²) in [6.45, 7) is 0.431. The molecule has 0 atom stereocenters. The molecule has 1 fully saturated rings. The van der Waals surface area contributed by atoms with Crippen molar-refractivity contribution in [2.45, 2.75) is 19.3 Å². The molecule has 1 aliphatic rings. The average molecular weight is 286 g/mol. The first-order valence-electron chi connectivity index (χ1n) is 6.90. The van der Waals surface area contributed by atoms with E-state index in [9.17, 15) is 4.79 Å². The molecular formula is C16H18N2OS. The highest BCUT2D eigenvalue weighted by Crippen LogP contribution is 2.41. The predicted molar refractivity (Wildman–Crippen MR) is 83.7 cm³/mol. The fraction of sp³-hybridized carbons (Fsp3) is 0.312. The number of thiophene rings is 1. The number of amides is 1. The van der Waals surface area contributed by atoms with Crippen molar-refractivity contribution < 1.29 is 4.79 Å². The first-order valence-corrected chi connectivity index (χ1v) is 7.78. The maximum absolute atomic E-state index is 12.5. The van der Waals surface area contributed by atoms with Crippen molar-refractivity contribution in [3.63, 3.8) is 0 Å². The van der Waals surface area contributed by atoms with Crippen LogP contribution < -0.4 is 11.1 Å². The third-order valence-electron chi connectivity index (χ3n) is 4.14. The van der Waals surface area contributed by atoms with Gasteiger partial charge in [0, 0.05) is 22.7 Å². The summed E-state index contributed by atoms with van der Waals surface area (Å²) >= 11 is 1.67. The van der Waals surface area contributed by atoms with E-state index in [2.05, 4.69) is 11.4 Å². The van der Waals surface area contributed by atoms with Gasteiger partial charge in [-0.25, -0.2) is 0 Å². The Balaban J connectivity index is 1.86. The van der Waals surface area contributed by atoms with Crippen LogP contribution in [0.1, 0.15) is 19.3 Å². The highest BCUT2D eigenvalue weighted by Gasteiger charge is 2.42. The van der Waals surface area contributed by atoms with Gasteiger partial charge in [-0.15, -0.1) is 11.3 Å². The van der Waals surface area contributed by atoms with Gasteiger partial charge < -0.3 is 11.1 Å². The van der Waals surface area contributed by atoms with Gasteiger partial charge in [0.15, 0.2) is 0 Å². The molecule has 1 aromatic carbocycles. The average Bonchev–Trinajstić information content (AvgIpc) is 2.92. The Labute approximate surface area is 122 Å². The molecule has 0 aliphatic heterocycles. The molecule has 3 N–H and O–H groups in total. The molecule has 4 heteroatoms. The first-order chi connectivity index (χ1) is 9.75. The number of carbonyl (C=O) groups excluding carboxylic acids is 1. The van der Waals surface area contributed by atoms with Gasteiger partial charge >= 0.3 is 0 Å². The smallest absolute Gasteiger partial charge is 0.231 e. The zero-order valence-corrected chi connectivity index (χ0v) is 12.1. The van der Waals surface area contributed by atoms with Gasteiger partial charge in [-0.2, -0.15) is 0 Å². The Hall–Kier alpha value is -1.65. The minimum absolute atomic E-state index is 0.0651. The lowest BCUT2D eigenvalue weighted by molar-refractivity contribution is -0.129. The molecule has 3 rings (SSSR count). The first kappa shape index (κ1) is 13.3. The number of rotatable bonds is 4. The van der Waals surface area contributed by atoms with Gasteiger partial charge in [-0.05, 0) is 30.4 Å². The van der Waals surface area contributed by atoms with Crippen LogP contribution in [-0.4, -0.2) is 12.5 Å². The third kappa shape index (κ3) is 2.25. The molecule has 2 aromatic rings. The molecule has 1 saturated carbocycles. The topological polar surface area (TPSA) is 55.1 Å². The summed E-state index contributed by atoms with van der Waals surface area (Å²) in [4.78, 5) is 13.6. The Morgan fingerprint density at radius 2 is 2.05 bits per heavy atom. The lowest BCUT2D eigenvalue weighted by Gasteiger charge is -2.39. The molecule has 104 valence electrons. The number of hydrogen-bond donors (Lipinski definition) is 2. The summed E-state index contributed by atoms with van der Waals surface area (Å²) < 4.78 is 0. The van der Waals surface area contributed by atoms with Crippen LogP contribution in [0.25, 0.3) is 10.4 Å². The second-order valence-corrected chi connectivity index (χ2v) is 6.26. The molecule has 0 radical (unpaired) electrons. The molecule has 1 amide bonds. The molecule has 1 heterocycles. The van der Waals surface area contributed by atoms with Crippen molar-refractivity contribution in [2.75, 3.05) is 11.9 Å². The summed E-state index contributed by atoms with van der Waals surface area (Å²) in [7, 11) is 0. The van der Waals surface area contributed by atoms with Gasteiger partial charge in [-0.3, -0.25) is 4.79 Å². The maximum Gasteiger partial charge on any atom is 0.231 e. The van der Waals surface area contributed by atoms with E-state index in [0.29, 0.717) is 6.54 Å². The highest BCUT2D eigenvalue weighted by molar-refractivity contribution is 7.13. The monoisotopic (exact) mass is 286 g/mol. The van der Waals surface area contributed by atoms with E-state index in [4.69, 9.17) is 5.73 Å². The summed E-state index contributed by atoms with van der Waals surface area (Å²) in [5.41, 5.74) is 7.40. The summed E-state index contributed by atoms with van der Waals surface area (Å²) in [5, 5.41) is 5.12. The fourth-order valence-corrected chi connectivity index (χ4v) is 3.39. The van der Waals surface area contributed by atoms with E-state index in [0.717, 1.165) is 35.4 Å². The van der Waals surface area contributed by atoms with Crippen molar-refractivity contribution in [2.24, 2.45) is 11.1 Å². The van der Waals surface area contributed by atoms with Gasteiger partial charge in [-0.1, -0.05) is 30.7 Å². The molecule has 20 heavy (non-hydrogen) atoms. The normalized spacial score (nSPS) is 16.4. The van der Waals surface area contributed by atoms with E-state index in [-0.39, 0.29) is 11.3 Å². The van der Waals surface area contributed by atoms with E-state index < -0.39 is 0 Å². The molecule has 1 aromatic heterocycles. The van der Waals surface area contributed by atoms with Crippen LogP contribution in [0.3, 0.4) is 0 Å². The number of anilines is 1. The number of carbonyl (C=O) groups is 1. The van der Waals surface area contributed by atoms with Gasteiger partial charge in [0.1, 0.15) is 0 Å². The second kappa shape index (κ2) is 5.38. The van der Waals surface area contributed by atoms with Crippen molar-refractivity contribution in [3.05, 3.63) is 41.8 Å². The fourth-order valence-electron chi connectivity index (χ4n) is 2.62. The largest absolute Gasteiger partial charge is 0.329 e. The number of para-hydroxylation sites is 1. The number of hydrogen-bond acceptors (Lipinski definition) is 3. The van der Waals surface area contributed by atoms with Crippen LogP contribution in [0.2, 0.25) is 0 Å². The minimum atomic E-state index is -0.345. The number of nitrogens with two attached hydrogens (primary N) is 1. The van der Waals surface area contributed by atoms with Crippen molar-refractivity contribution in [1.29, 1.82) is 0 Å². The molecule has 1 aliphatic carbocycles. The number of benzene rings is 1. The third-order valence-corrected chi connectivity index (χ3v) is 5.05. The molecule has 3 nitrogen and oxygen atoms in total. The summed E-state index contributed by atoms with van der Waals surface area (Å²) in [5.74, 6) is 0.0651. The van der Waals surface area contributed by atoms with Crippen molar-refractivity contribution in [3.8, 4) is 10.4 Å². The van der Waals surface area contributed by atoms with Crippen LogP contribution >= 0.6 is 11.3 Å².